The Hall–Kier alpha value is -1.82. The van der Waals surface area contributed by atoms with Gasteiger partial charge in [-0.15, -0.1) is 0 Å². The molecule has 0 saturated carbocycles. The van der Waals surface area contributed by atoms with Crippen LogP contribution >= 0.6 is 0 Å². The summed E-state index contributed by atoms with van der Waals surface area (Å²) < 4.78 is 0. The van der Waals surface area contributed by atoms with Crippen molar-refractivity contribution in [2.24, 2.45) is 0 Å². The maximum atomic E-state index is 2.33. The molecule has 0 bridgehead atoms. The van der Waals surface area contributed by atoms with Gasteiger partial charge in [-0.05, 0) is 46.2 Å². The standard InChI is InChI=1S/C21H23/c1-3-8-16-12-7-13-21(20(16)9-4-2)19-14-17-10-5-6-11-18(17)15-19/h5-7,10-15H,3-4,8-9H2,1-2H3. The van der Waals surface area contributed by atoms with E-state index in [1.54, 1.807) is 5.56 Å². The first-order chi connectivity index (χ1) is 10.3. The highest BCUT2D eigenvalue weighted by Crippen LogP contribution is 2.36. The fourth-order valence-electron chi connectivity index (χ4n) is 3.26. The molecule has 0 aromatic heterocycles. The number of benzene rings is 2. The summed E-state index contributed by atoms with van der Waals surface area (Å²) in [5.74, 6) is 0. The SMILES string of the molecule is CCCc1cccc(C2=Cc3ccccc3[CH]2)c1CCC. The Morgan fingerprint density at radius 3 is 2.24 bits per heavy atom. The normalized spacial score (nSPS) is 13.1. The molecule has 3 rings (SSSR count). The maximum Gasteiger partial charge on any atom is 0.0211 e. The molecule has 2 aromatic carbocycles. The second kappa shape index (κ2) is 6.30. The van der Waals surface area contributed by atoms with E-state index in [1.807, 2.05) is 0 Å². The lowest BCUT2D eigenvalue weighted by atomic mass is 9.90. The molecule has 1 aliphatic carbocycles. The van der Waals surface area contributed by atoms with Crippen LogP contribution in [0.3, 0.4) is 0 Å². The van der Waals surface area contributed by atoms with Crippen molar-refractivity contribution in [3.05, 3.63) is 76.7 Å². The fraction of sp³-hybridized carbons (Fsp3) is 0.286. The van der Waals surface area contributed by atoms with Crippen LogP contribution in [-0.2, 0) is 12.8 Å². The van der Waals surface area contributed by atoms with Gasteiger partial charge >= 0.3 is 0 Å². The molecule has 1 radical (unpaired) electrons. The van der Waals surface area contributed by atoms with Crippen molar-refractivity contribution < 1.29 is 0 Å². The predicted molar refractivity (Wildman–Crippen MR) is 92.1 cm³/mol. The van der Waals surface area contributed by atoms with E-state index in [-0.39, 0.29) is 0 Å². The first-order valence-electron chi connectivity index (χ1n) is 8.10. The van der Waals surface area contributed by atoms with Gasteiger partial charge in [-0.3, -0.25) is 0 Å². The van der Waals surface area contributed by atoms with Gasteiger partial charge in [0.25, 0.3) is 0 Å². The van der Waals surface area contributed by atoms with Gasteiger partial charge < -0.3 is 0 Å². The van der Waals surface area contributed by atoms with Crippen LogP contribution < -0.4 is 0 Å². The molecule has 0 aliphatic heterocycles. The highest BCUT2D eigenvalue weighted by Gasteiger charge is 2.17. The van der Waals surface area contributed by atoms with Gasteiger partial charge in [-0.1, -0.05) is 75.2 Å². The summed E-state index contributed by atoms with van der Waals surface area (Å²) in [6.07, 6.45) is 9.44. The zero-order valence-electron chi connectivity index (χ0n) is 13.0. The molecule has 0 spiro atoms. The molecule has 107 valence electrons. The number of allylic oxidation sites excluding steroid dienone is 1. The minimum Gasteiger partial charge on any atom is -0.0651 e. The Morgan fingerprint density at radius 2 is 1.52 bits per heavy atom. The number of rotatable bonds is 5. The molecular formula is C21H23. The second-order valence-corrected chi connectivity index (χ2v) is 5.82. The molecule has 0 heterocycles. The second-order valence-electron chi connectivity index (χ2n) is 5.82. The van der Waals surface area contributed by atoms with Crippen molar-refractivity contribution >= 4 is 11.6 Å². The zero-order valence-corrected chi connectivity index (χ0v) is 13.0. The molecule has 0 unspecified atom stereocenters. The highest BCUT2D eigenvalue weighted by molar-refractivity contribution is 5.95. The first kappa shape index (κ1) is 14.1. The van der Waals surface area contributed by atoms with E-state index in [1.165, 1.54) is 53.5 Å². The smallest absolute Gasteiger partial charge is 0.0211 e. The summed E-state index contributed by atoms with van der Waals surface area (Å²) in [4.78, 5) is 0. The molecule has 0 N–H and O–H groups in total. The lowest BCUT2D eigenvalue weighted by Crippen LogP contribution is -1.99. The Kier molecular flexibility index (Phi) is 4.24. The van der Waals surface area contributed by atoms with Crippen molar-refractivity contribution in [1.29, 1.82) is 0 Å². The van der Waals surface area contributed by atoms with Crippen molar-refractivity contribution in [3.63, 3.8) is 0 Å². The summed E-state index contributed by atoms with van der Waals surface area (Å²) in [5, 5.41) is 0. The van der Waals surface area contributed by atoms with Crippen molar-refractivity contribution in [2.45, 2.75) is 39.5 Å². The van der Waals surface area contributed by atoms with Gasteiger partial charge in [-0.25, -0.2) is 0 Å². The predicted octanol–water partition coefficient (Wildman–Crippen LogP) is 5.70. The van der Waals surface area contributed by atoms with E-state index in [2.05, 4.69) is 68.8 Å². The molecule has 0 nitrogen and oxygen atoms in total. The Labute approximate surface area is 128 Å². The largest absolute Gasteiger partial charge is 0.0651 e. The van der Waals surface area contributed by atoms with E-state index in [0.717, 1.165) is 0 Å². The molecule has 1 aliphatic rings. The van der Waals surface area contributed by atoms with Crippen LogP contribution in [-0.4, -0.2) is 0 Å². The Morgan fingerprint density at radius 1 is 0.762 bits per heavy atom. The average Bonchev–Trinajstić information content (AvgIpc) is 2.93. The number of hydrogen-bond acceptors (Lipinski definition) is 0. The zero-order chi connectivity index (χ0) is 14.7. The van der Waals surface area contributed by atoms with Gasteiger partial charge in [0.2, 0.25) is 0 Å². The maximum absolute atomic E-state index is 2.33. The summed E-state index contributed by atoms with van der Waals surface area (Å²) in [5.41, 5.74) is 8.57. The van der Waals surface area contributed by atoms with Gasteiger partial charge in [-0.2, -0.15) is 0 Å². The lowest BCUT2D eigenvalue weighted by molar-refractivity contribution is 0.858. The number of aryl methyl sites for hydroxylation is 1. The quantitative estimate of drug-likeness (QED) is 0.656. The van der Waals surface area contributed by atoms with E-state index in [9.17, 15) is 0 Å². The van der Waals surface area contributed by atoms with Crippen LogP contribution in [0.1, 0.15) is 54.5 Å². The van der Waals surface area contributed by atoms with Gasteiger partial charge in [0.1, 0.15) is 0 Å². The molecule has 21 heavy (non-hydrogen) atoms. The molecule has 0 amide bonds. The third-order valence-corrected chi connectivity index (χ3v) is 4.22. The topological polar surface area (TPSA) is 0 Å². The molecule has 0 fully saturated rings. The Bertz CT molecular complexity index is 661. The average molecular weight is 275 g/mol. The van der Waals surface area contributed by atoms with Crippen LogP contribution in [0.25, 0.3) is 11.6 Å². The van der Waals surface area contributed by atoms with Crippen molar-refractivity contribution in [2.75, 3.05) is 0 Å². The molecule has 2 aromatic rings. The van der Waals surface area contributed by atoms with Crippen molar-refractivity contribution in [3.8, 4) is 0 Å². The fourth-order valence-corrected chi connectivity index (χ4v) is 3.26. The number of hydrogen-bond donors (Lipinski definition) is 0. The van der Waals surface area contributed by atoms with Gasteiger partial charge in [0, 0.05) is 6.42 Å². The highest BCUT2D eigenvalue weighted by atomic mass is 14.2. The lowest BCUT2D eigenvalue weighted by Gasteiger charge is -2.15. The van der Waals surface area contributed by atoms with Gasteiger partial charge in [0.05, 0.1) is 0 Å². The van der Waals surface area contributed by atoms with Crippen LogP contribution in [0, 0.1) is 6.42 Å². The minimum atomic E-state index is 1.17. The van der Waals surface area contributed by atoms with E-state index in [4.69, 9.17) is 0 Å². The third-order valence-electron chi connectivity index (χ3n) is 4.22. The molecule has 0 atom stereocenters. The molecular weight excluding hydrogens is 252 g/mol. The first-order valence-corrected chi connectivity index (χ1v) is 8.10. The van der Waals surface area contributed by atoms with Crippen molar-refractivity contribution in [1.82, 2.24) is 0 Å². The monoisotopic (exact) mass is 275 g/mol. The van der Waals surface area contributed by atoms with E-state index >= 15 is 0 Å². The van der Waals surface area contributed by atoms with Crippen LogP contribution in [0.4, 0.5) is 0 Å². The van der Waals surface area contributed by atoms with Crippen LogP contribution in [0.15, 0.2) is 42.5 Å². The number of fused-ring (bicyclic) bond motifs is 1. The summed E-state index contributed by atoms with van der Waals surface area (Å²) in [6.45, 7) is 4.53. The van der Waals surface area contributed by atoms with Crippen LogP contribution in [0.5, 0.6) is 0 Å². The van der Waals surface area contributed by atoms with Crippen LogP contribution in [0.2, 0.25) is 0 Å². The molecule has 0 saturated heterocycles. The summed E-state index contributed by atoms with van der Waals surface area (Å²) in [7, 11) is 0. The van der Waals surface area contributed by atoms with Gasteiger partial charge in [0.15, 0.2) is 0 Å². The Balaban J connectivity index is 2.02. The third kappa shape index (κ3) is 2.81. The van der Waals surface area contributed by atoms with E-state index < -0.39 is 0 Å². The minimum absolute atomic E-state index is 1.17. The molecule has 0 heteroatoms. The summed E-state index contributed by atoms with van der Waals surface area (Å²) >= 11 is 0. The summed E-state index contributed by atoms with van der Waals surface area (Å²) in [6, 6.07) is 15.5. The van der Waals surface area contributed by atoms with E-state index in [0.29, 0.717) is 0 Å².